The van der Waals surface area contributed by atoms with Crippen molar-refractivity contribution in [3.63, 3.8) is 0 Å². The average molecular weight is 236 g/mol. The summed E-state index contributed by atoms with van der Waals surface area (Å²) in [5.74, 6) is 1.90. The van der Waals surface area contributed by atoms with Crippen LogP contribution in [-0.4, -0.2) is 23.1 Å². The Kier molecular flexibility index (Phi) is 3.66. The van der Waals surface area contributed by atoms with Crippen LogP contribution in [0.3, 0.4) is 0 Å². The van der Waals surface area contributed by atoms with E-state index in [2.05, 4.69) is 22.2 Å². The van der Waals surface area contributed by atoms with E-state index in [1.165, 1.54) is 32.0 Å². The maximum atomic E-state index is 5.93. The van der Waals surface area contributed by atoms with E-state index < -0.39 is 0 Å². The van der Waals surface area contributed by atoms with Crippen molar-refractivity contribution in [1.29, 1.82) is 0 Å². The van der Waals surface area contributed by atoms with Gasteiger partial charge in [-0.2, -0.15) is 4.98 Å². The van der Waals surface area contributed by atoms with E-state index >= 15 is 0 Å². The molecule has 3 N–H and O–H groups in total. The average Bonchev–Trinajstić information content (AvgIpc) is 2.32. The number of anilines is 2. The summed E-state index contributed by atoms with van der Waals surface area (Å²) >= 11 is 0. The van der Waals surface area contributed by atoms with Gasteiger partial charge < -0.3 is 15.8 Å². The number of nitrogens with zero attached hydrogens (tertiary/aromatic N) is 2. The predicted molar refractivity (Wildman–Crippen MR) is 68.0 cm³/mol. The van der Waals surface area contributed by atoms with E-state index in [1.54, 1.807) is 7.11 Å². The highest BCUT2D eigenvalue weighted by atomic mass is 16.5. The maximum absolute atomic E-state index is 5.93. The van der Waals surface area contributed by atoms with E-state index in [-0.39, 0.29) is 0 Å². The van der Waals surface area contributed by atoms with E-state index in [9.17, 15) is 0 Å². The maximum Gasteiger partial charge on any atom is 0.242 e. The molecule has 0 radical (unpaired) electrons. The van der Waals surface area contributed by atoms with Gasteiger partial charge in [-0.1, -0.05) is 19.8 Å². The Morgan fingerprint density at radius 2 is 2.24 bits per heavy atom. The molecule has 2 unspecified atom stereocenters. The molecule has 94 valence electrons. The second-order valence-corrected chi connectivity index (χ2v) is 4.76. The molecule has 0 spiro atoms. The van der Waals surface area contributed by atoms with Gasteiger partial charge in [-0.3, -0.25) is 0 Å². The van der Waals surface area contributed by atoms with E-state index in [0.29, 0.717) is 23.4 Å². The van der Waals surface area contributed by atoms with Crippen molar-refractivity contribution in [2.24, 2.45) is 5.92 Å². The first-order chi connectivity index (χ1) is 8.20. The molecule has 1 heterocycles. The summed E-state index contributed by atoms with van der Waals surface area (Å²) < 4.78 is 5.08. The van der Waals surface area contributed by atoms with Crippen LogP contribution in [0.1, 0.15) is 32.6 Å². The third-order valence-electron chi connectivity index (χ3n) is 3.32. The lowest BCUT2D eigenvalue weighted by molar-refractivity contribution is 0.358. The molecule has 2 rings (SSSR count). The van der Waals surface area contributed by atoms with Crippen molar-refractivity contribution in [2.45, 2.75) is 38.6 Å². The second kappa shape index (κ2) is 5.21. The van der Waals surface area contributed by atoms with Gasteiger partial charge in [-0.15, -0.1) is 0 Å². The van der Waals surface area contributed by atoms with Gasteiger partial charge >= 0.3 is 0 Å². The van der Waals surface area contributed by atoms with Gasteiger partial charge in [-0.05, 0) is 18.8 Å². The number of nitrogens with two attached hydrogens (primary N) is 1. The third kappa shape index (κ3) is 2.78. The summed E-state index contributed by atoms with van der Waals surface area (Å²) in [7, 11) is 1.56. The number of aromatic nitrogens is 2. The summed E-state index contributed by atoms with van der Waals surface area (Å²) in [6.45, 7) is 2.29. The molecule has 2 atom stereocenters. The molecule has 1 aliphatic rings. The molecule has 1 aliphatic carbocycles. The molecule has 5 heteroatoms. The van der Waals surface area contributed by atoms with Crippen LogP contribution < -0.4 is 15.8 Å². The van der Waals surface area contributed by atoms with Crippen molar-refractivity contribution < 1.29 is 4.74 Å². The summed E-state index contributed by atoms with van der Waals surface area (Å²) in [4.78, 5) is 8.15. The number of nitrogens with one attached hydrogen (secondary N) is 1. The van der Waals surface area contributed by atoms with Gasteiger partial charge in [0, 0.05) is 6.04 Å². The molecule has 1 saturated carbocycles. The van der Waals surface area contributed by atoms with Crippen LogP contribution in [-0.2, 0) is 0 Å². The fraction of sp³-hybridized carbons (Fsp3) is 0.667. The second-order valence-electron chi connectivity index (χ2n) is 4.76. The fourth-order valence-electron chi connectivity index (χ4n) is 2.42. The minimum atomic E-state index is 0.436. The normalized spacial score (nSPS) is 24.4. The van der Waals surface area contributed by atoms with Crippen LogP contribution in [0.5, 0.6) is 5.88 Å². The smallest absolute Gasteiger partial charge is 0.242 e. The van der Waals surface area contributed by atoms with Crippen LogP contribution in [0.25, 0.3) is 0 Å². The monoisotopic (exact) mass is 236 g/mol. The summed E-state index contributed by atoms with van der Waals surface area (Å²) in [5.41, 5.74) is 6.43. The Balaban J connectivity index is 2.07. The van der Waals surface area contributed by atoms with E-state index in [4.69, 9.17) is 10.5 Å². The lowest BCUT2D eigenvalue weighted by Crippen LogP contribution is -2.27. The van der Waals surface area contributed by atoms with Crippen molar-refractivity contribution in [1.82, 2.24) is 9.97 Å². The van der Waals surface area contributed by atoms with Crippen molar-refractivity contribution in [3.8, 4) is 5.88 Å². The lowest BCUT2D eigenvalue weighted by atomic mass is 9.87. The van der Waals surface area contributed by atoms with Gasteiger partial charge in [0.15, 0.2) is 5.82 Å². The minimum Gasteiger partial charge on any atom is -0.479 e. The zero-order chi connectivity index (χ0) is 12.3. The SMILES string of the molecule is COc1ncnc(NC2CCCC(C)C2)c1N. The van der Waals surface area contributed by atoms with Crippen LogP contribution >= 0.6 is 0 Å². The van der Waals surface area contributed by atoms with Gasteiger partial charge in [0.05, 0.1) is 7.11 Å². The molecule has 0 saturated heterocycles. The highest BCUT2D eigenvalue weighted by molar-refractivity contribution is 5.66. The number of methoxy groups -OCH3 is 1. The van der Waals surface area contributed by atoms with Gasteiger partial charge in [0.25, 0.3) is 0 Å². The molecule has 0 aromatic carbocycles. The third-order valence-corrected chi connectivity index (χ3v) is 3.32. The number of hydrogen-bond donors (Lipinski definition) is 2. The fourth-order valence-corrected chi connectivity index (χ4v) is 2.42. The first-order valence-corrected chi connectivity index (χ1v) is 6.11. The quantitative estimate of drug-likeness (QED) is 0.840. The number of rotatable bonds is 3. The number of hydrogen-bond acceptors (Lipinski definition) is 5. The van der Waals surface area contributed by atoms with Gasteiger partial charge in [0.2, 0.25) is 5.88 Å². The Morgan fingerprint density at radius 3 is 2.94 bits per heavy atom. The largest absolute Gasteiger partial charge is 0.479 e. The highest BCUT2D eigenvalue weighted by Gasteiger charge is 2.20. The summed E-state index contributed by atoms with van der Waals surface area (Å²) in [6, 6.07) is 0.459. The molecular weight excluding hydrogens is 216 g/mol. The molecule has 1 aromatic rings. The van der Waals surface area contributed by atoms with Crippen molar-refractivity contribution in [3.05, 3.63) is 6.33 Å². The summed E-state index contributed by atoms with van der Waals surface area (Å²) in [5, 5.41) is 3.40. The number of ether oxygens (including phenoxy) is 1. The Hall–Kier alpha value is -1.52. The Morgan fingerprint density at radius 1 is 1.41 bits per heavy atom. The molecule has 0 bridgehead atoms. The molecule has 1 fully saturated rings. The minimum absolute atomic E-state index is 0.436. The zero-order valence-corrected chi connectivity index (χ0v) is 10.4. The summed E-state index contributed by atoms with van der Waals surface area (Å²) in [6.07, 6.45) is 6.41. The van der Waals surface area contributed by atoms with Gasteiger partial charge in [0.1, 0.15) is 12.0 Å². The molecule has 5 nitrogen and oxygen atoms in total. The number of nitrogen functional groups attached to an aromatic ring is 1. The van der Waals surface area contributed by atoms with Crippen LogP contribution in [0.4, 0.5) is 11.5 Å². The lowest BCUT2D eigenvalue weighted by Gasteiger charge is -2.28. The predicted octanol–water partition coefficient (Wildman–Crippen LogP) is 2.06. The first-order valence-electron chi connectivity index (χ1n) is 6.11. The van der Waals surface area contributed by atoms with Gasteiger partial charge in [-0.25, -0.2) is 4.98 Å². The highest BCUT2D eigenvalue weighted by Crippen LogP contribution is 2.29. The van der Waals surface area contributed by atoms with Crippen LogP contribution in [0, 0.1) is 5.92 Å². The standard InChI is InChI=1S/C12H20N4O/c1-8-4-3-5-9(6-8)16-11-10(13)12(17-2)15-7-14-11/h7-9H,3-6,13H2,1-2H3,(H,14,15,16). The Bertz CT molecular complexity index is 383. The van der Waals surface area contributed by atoms with Crippen molar-refractivity contribution in [2.75, 3.05) is 18.2 Å². The Labute approximate surface area is 102 Å². The molecule has 17 heavy (non-hydrogen) atoms. The van der Waals surface area contributed by atoms with Crippen LogP contribution in [0.2, 0.25) is 0 Å². The van der Waals surface area contributed by atoms with E-state index in [1.807, 2.05) is 0 Å². The van der Waals surface area contributed by atoms with Crippen LogP contribution in [0.15, 0.2) is 6.33 Å². The van der Waals surface area contributed by atoms with E-state index in [0.717, 1.165) is 5.92 Å². The topological polar surface area (TPSA) is 73.1 Å². The zero-order valence-electron chi connectivity index (χ0n) is 10.4. The molecule has 1 aromatic heterocycles. The first kappa shape index (κ1) is 12.0. The molecular formula is C12H20N4O. The molecule has 0 aliphatic heterocycles. The molecule has 0 amide bonds. The van der Waals surface area contributed by atoms with Crippen molar-refractivity contribution >= 4 is 11.5 Å².